The minimum Gasteiger partial charge on any atom is -0.381 e. The van der Waals surface area contributed by atoms with Gasteiger partial charge in [-0.15, -0.1) is 0 Å². The Morgan fingerprint density at radius 3 is 2.27 bits per heavy atom. The van der Waals surface area contributed by atoms with Gasteiger partial charge in [-0.3, -0.25) is 4.79 Å². The molecule has 0 unspecified atom stereocenters. The number of aliphatic hydroxyl groups is 1. The minimum atomic E-state index is -1.34. The second-order valence-electron chi connectivity index (χ2n) is 4.06. The first kappa shape index (κ1) is 11.7. The highest BCUT2D eigenvalue weighted by molar-refractivity contribution is 5.96. The van der Waals surface area contributed by atoms with E-state index in [0.29, 0.717) is 5.69 Å². The third kappa shape index (κ3) is 3.36. The molecule has 1 aromatic rings. The molecule has 2 N–H and O–H groups in total. The van der Waals surface area contributed by atoms with Crippen LogP contribution in [0, 0.1) is 0 Å². The van der Waals surface area contributed by atoms with Crippen LogP contribution in [0.15, 0.2) is 24.3 Å². The fourth-order valence-corrected chi connectivity index (χ4v) is 1.11. The lowest BCUT2D eigenvalue weighted by molar-refractivity contribution is -0.130. The quantitative estimate of drug-likeness (QED) is 0.796. The van der Waals surface area contributed by atoms with E-state index in [1.54, 1.807) is 0 Å². The second-order valence-corrected chi connectivity index (χ2v) is 4.06. The summed E-state index contributed by atoms with van der Waals surface area (Å²) >= 11 is 0. The first-order valence-electron chi connectivity index (χ1n) is 5.06. The molecule has 0 bridgehead atoms. The van der Waals surface area contributed by atoms with Gasteiger partial charge >= 0.3 is 0 Å². The number of carbonyl (C=O) groups excluding carboxylic acids is 1. The maximum atomic E-state index is 11.4. The predicted octanol–water partition coefficient (Wildman–Crippen LogP) is 1.96. The Morgan fingerprint density at radius 1 is 1.33 bits per heavy atom. The summed E-state index contributed by atoms with van der Waals surface area (Å²) in [6.45, 7) is 5.00. The molecule has 0 aliphatic heterocycles. The number of benzene rings is 1. The van der Waals surface area contributed by atoms with Crippen LogP contribution in [0.3, 0.4) is 0 Å². The molecule has 0 aromatic heterocycles. The molecule has 0 saturated carbocycles. The number of nitrogens with one attached hydrogen (secondary N) is 1. The van der Waals surface area contributed by atoms with Gasteiger partial charge in [0, 0.05) is 5.69 Å². The topological polar surface area (TPSA) is 49.3 Å². The van der Waals surface area contributed by atoms with Crippen LogP contribution in [0.1, 0.15) is 26.3 Å². The zero-order valence-corrected chi connectivity index (χ0v) is 9.37. The highest BCUT2D eigenvalue weighted by Gasteiger charge is 2.23. The SMILES string of the molecule is CCc1ccc(NC(=O)C(C)(C)O)cc1. The van der Waals surface area contributed by atoms with Crippen molar-refractivity contribution < 1.29 is 9.90 Å². The summed E-state index contributed by atoms with van der Waals surface area (Å²) in [5.74, 6) is -0.397. The van der Waals surface area contributed by atoms with Crippen molar-refractivity contribution in [1.82, 2.24) is 0 Å². The maximum Gasteiger partial charge on any atom is 0.255 e. The molecule has 82 valence electrons. The molecule has 0 spiro atoms. The fourth-order valence-electron chi connectivity index (χ4n) is 1.11. The van der Waals surface area contributed by atoms with E-state index in [4.69, 9.17) is 0 Å². The summed E-state index contributed by atoms with van der Waals surface area (Å²) in [7, 11) is 0. The molecular weight excluding hydrogens is 190 g/mol. The summed E-state index contributed by atoms with van der Waals surface area (Å²) in [5.41, 5.74) is 0.583. The van der Waals surface area contributed by atoms with Gasteiger partial charge < -0.3 is 10.4 Å². The smallest absolute Gasteiger partial charge is 0.255 e. The highest BCUT2D eigenvalue weighted by Crippen LogP contribution is 2.12. The zero-order chi connectivity index (χ0) is 11.5. The molecule has 0 radical (unpaired) electrons. The van der Waals surface area contributed by atoms with Gasteiger partial charge in [0.25, 0.3) is 5.91 Å². The van der Waals surface area contributed by atoms with Crippen LogP contribution < -0.4 is 5.32 Å². The van der Waals surface area contributed by atoms with Crippen LogP contribution in [0.2, 0.25) is 0 Å². The van der Waals surface area contributed by atoms with Crippen LogP contribution in [-0.4, -0.2) is 16.6 Å². The van der Waals surface area contributed by atoms with Gasteiger partial charge in [-0.25, -0.2) is 0 Å². The Hall–Kier alpha value is -1.35. The molecule has 0 saturated heterocycles. The third-order valence-corrected chi connectivity index (χ3v) is 2.18. The first-order valence-corrected chi connectivity index (χ1v) is 5.06. The van der Waals surface area contributed by atoms with E-state index in [0.717, 1.165) is 6.42 Å². The number of amides is 1. The maximum absolute atomic E-state index is 11.4. The Morgan fingerprint density at radius 2 is 1.87 bits per heavy atom. The predicted molar refractivity (Wildman–Crippen MR) is 60.7 cm³/mol. The van der Waals surface area contributed by atoms with Crippen molar-refractivity contribution in [2.24, 2.45) is 0 Å². The fraction of sp³-hybridized carbons (Fsp3) is 0.417. The van der Waals surface area contributed by atoms with Gasteiger partial charge in [0.05, 0.1) is 0 Å². The number of hydrogen-bond donors (Lipinski definition) is 2. The number of rotatable bonds is 3. The van der Waals surface area contributed by atoms with Gasteiger partial charge in [0.15, 0.2) is 0 Å². The van der Waals surface area contributed by atoms with Crippen molar-refractivity contribution in [2.75, 3.05) is 5.32 Å². The molecule has 0 aliphatic carbocycles. The molecule has 15 heavy (non-hydrogen) atoms. The normalized spacial score (nSPS) is 11.2. The van der Waals surface area contributed by atoms with Crippen LogP contribution >= 0.6 is 0 Å². The van der Waals surface area contributed by atoms with Crippen LogP contribution in [0.5, 0.6) is 0 Å². The van der Waals surface area contributed by atoms with Gasteiger partial charge in [0.1, 0.15) is 5.60 Å². The van der Waals surface area contributed by atoms with Gasteiger partial charge in [-0.2, -0.15) is 0 Å². The van der Waals surface area contributed by atoms with Crippen molar-refractivity contribution >= 4 is 11.6 Å². The zero-order valence-electron chi connectivity index (χ0n) is 9.37. The van der Waals surface area contributed by atoms with E-state index in [-0.39, 0.29) is 0 Å². The summed E-state index contributed by atoms with van der Waals surface area (Å²) in [6.07, 6.45) is 0.972. The lowest BCUT2D eigenvalue weighted by Gasteiger charge is -2.16. The molecule has 1 aromatic carbocycles. The molecule has 3 nitrogen and oxygen atoms in total. The van der Waals surface area contributed by atoms with E-state index in [9.17, 15) is 9.90 Å². The van der Waals surface area contributed by atoms with E-state index in [1.807, 2.05) is 24.3 Å². The molecule has 3 heteroatoms. The Balaban J connectivity index is 2.70. The number of hydrogen-bond acceptors (Lipinski definition) is 2. The Labute approximate surface area is 90.1 Å². The largest absolute Gasteiger partial charge is 0.381 e. The minimum absolute atomic E-state index is 0.397. The van der Waals surface area contributed by atoms with E-state index >= 15 is 0 Å². The second kappa shape index (κ2) is 4.45. The Kier molecular flexibility index (Phi) is 3.48. The number of carbonyl (C=O) groups is 1. The lowest BCUT2D eigenvalue weighted by atomic mass is 10.1. The van der Waals surface area contributed by atoms with Crippen molar-refractivity contribution in [1.29, 1.82) is 0 Å². The first-order chi connectivity index (χ1) is 6.93. The third-order valence-electron chi connectivity index (χ3n) is 2.18. The van der Waals surface area contributed by atoms with Crippen molar-refractivity contribution in [3.8, 4) is 0 Å². The molecular formula is C12H17NO2. The monoisotopic (exact) mass is 207 g/mol. The summed E-state index contributed by atoms with van der Waals surface area (Å²) in [6, 6.07) is 7.59. The molecule has 0 atom stereocenters. The molecule has 1 rings (SSSR count). The van der Waals surface area contributed by atoms with Crippen molar-refractivity contribution in [2.45, 2.75) is 32.8 Å². The van der Waals surface area contributed by atoms with E-state index in [1.165, 1.54) is 19.4 Å². The summed E-state index contributed by atoms with van der Waals surface area (Å²) in [4.78, 5) is 11.4. The van der Waals surface area contributed by atoms with Gasteiger partial charge in [-0.1, -0.05) is 19.1 Å². The van der Waals surface area contributed by atoms with Crippen LogP contribution in [0.4, 0.5) is 5.69 Å². The van der Waals surface area contributed by atoms with E-state index < -0.39 is 11.5 Å². The number of aryl methyl sites for hydroxylation is 1. The number of anilines is 1. The van der Waals surface area contributed by atoms with Crippen molar-refractivity contribution in [3.05, 3.63) is 29.8 Å². The van der Waals surface area contributed by atoms with Gasteiger partial charge in [0.2, 0.25) is 0 Å². The van der Waals surface area contributed by atoms with Crippen molar-refractivity contribution in [3.63, 3.8) is 0 Å². The lowest BCUT2D eigenvalue weighted by Crippen LogP contribution is -2.36. The Bertz CT molecular complexity index is 336. The molecule has 1 amide bonds. The van der Waals surface area contributed by atoms with Crippen LogP contribution in [-0.2, 0) is 11.2 Å². The highest BCUT2D eigenvalue weighted by atomic mass is 16.3. The van der Waals surface area contributed by atoms with E-state index in [2.05, 4.69) is 12.2 Å². The van der Waals surface area contributed by atoms with Crippen LogP contribution in [0.25, 0.3) is 0 Å². The average Bonchev–Trinajstić information content (AvgIpc) is 2.17. The molecule has 0 aliphatic rings. The summed E-state index contributed by atoms with van der Waals surface area (Å²) in [5, 5.41) is 12.1. The molecule has 0 fully saturated rings. The standard InChI is InChI=1S/C12H17NO2/c1-4-9-5-7-10(8-6-9)13-11(14)12(2,3)15/h5-8,15H,4H2,1-3H3,(H,13,14). The average molecular weight is 207 g/mol. The summed E-state index contributed by atoms with van der Waals surface area (Å²) < 4.78 is 0. The van der Waals surface area contributed by atoms with Gasteiger partial charge in [-0.05, 0) is 38.0 Å². The molecule has 0 heterocycles.